The minimum absolute atomic E-state index is 0.746. The van der Waals surface area contributed by atoms with Crippen molar-refractivity contribution in [2.45, 2.75) is 40.5 Å². The molecule has 1 aromatic rings. The van der Waals surface area contributed by atoms with Gasteiger partial charge in [-0.15, -0.1) is 11.3 Å². The Bertz CT molecular complexity index is 294. The van der Waals surface area contributed by atoms with E-state index in [9.17, 15) is 0 Å². The topological polar surface area (TPSA) is 24.9 Å². The number of hydrogen-bond acceptors (Lipinski definition) is 3. The monoisotopic (exact) mass is 240 g/mol. The van der Waals surface area contributed by atoms with Crippen molar-refractivity contribution in [2.75, 3.05) is 13.1 Å². The minimum Gasteiger partial charge on any atom is -0.316 e. The van der Waals surface area contributed by atoms with Crippen LogP contribution < -0.4 is 5.32 Å². The van der Waals surface area contributed by atoms with Gasteiger partial charge >= 0.3 is 0 Å². The van der Waals surface area contributed by atoms with Crippen molar-refractivity contribution in [3.8, 4) is 0 Å². The predicted octanol–water partition coefficient (Wildman–Crippen LogP) is 3.27. The number of hydrogen-bond donors (Lipinski definition) is 1. The lowest BCUT2D eigenvalue weighted by Crippen LogP contribution is -2.25. The standard InChI is InChI=1S/C13H24N2S/c1-10(2)7-14-8-11(3)5-6-13-12(4)15-9-16-13/h9-11,14H,5-8H2,1-4H3. The van der Waals surface area contributed by atoms with Crippen molar-refractivity contribution < 1.29 is 0 Å². The summed E-state index contributed by atoms with van der Waals surface area (Å²) >= 11 is 1.79. The molecule has 0 aliphatic heterocycles. The Hall–Kier alpha value is -0.410. The molecule has 92 valence electrons. The van der Waals surface area contributed by atoms with Gasteiger partial charge in [0, 0.05) is 4.88 Å². The Kier molecular flexibility index (Phi) is 5.99. The first-order chi connectivity index (χ1) is 7.59. The Morgan fingerprint density at radius 3 is 2.62 bits per heavy atom. The number of nitrogens with one attached hydrogen (secondary N) is 1. The summed E-state index contributed by atoms with van der Waals surface area (Å²) in [5.74, 6) is 1.50. The Morgan fingerprint density at radius 1 is 1.31 bits per heavy atom. The molecular formula is C13H24N2S. The Morgan fingerprint density at radius 2 is 2.06 bits per heavy atom. The molecule has 0 aromatic carbocycles. The largest absolute Gasteiger partial charge is 0.316 e. The average molecular weight is 240 g/mol. The van der Waals surface area contributed by atoms with Gasteiger partial charge in [-0.05, 0) is 44.7 Å². The highest BCUT2D eigenvalue weighted by atomic mass is 32.1. The molecule has 0 aliphatic rings. The molecule has 1 aromatic heterocycles. The predicted molar refractivity (Wildman–Crippen MR) is 72.0 cm³/mol. The van der Waals surface area contributed by atoms with E-state index in [-0.39, 0.29) is 0 Å². The van der Waals surface area contributed by atoms with Gasteiger partial charge in [0.2, 0.25) is 0 Å². The van der Waals surface area contributed by atoms with Gasteiger partial charge in [-0.25, -0.2) is 4.98 Å². The second kappa shape index (κ2) is 7.02. The van der Waals surface area contributed by atoms with Crippen molar-refractivity contribution in [3.63, 3.8) is 0 Å². The number of rotatable bonds is 7. The zero-order chi connectivity index (χ0) is 12.0. The molecule has 2 nitrogen and oxygen atoms in total. The van der Waals surface area contributed by atoms with E-state index < -0.39 is 0 Å². The second-order valence-corrected chi connectivity index (χ2v) is 6.00. The summed E-state index contributed by atoms with van der Waals surface area (Å²) in [4.78, 5) is 5.74. The first-order valence-electron chi connectivity index (χ1n) is 6.19. The van der Waals surface area contributed by atoms with E-state index in [1.807, 2.05) is 5.51 Å². The van der Waals surface area contributed by atoms with Gasteiger partial charge in [-0.1, -0.05) is 20.8 Å². The molecule has 1 unspecified atom stereocenters. The zero-order valence-electron chi connectivity index (χ0n) is 10.9. The zero-order valence-corrected chi connectivity index (χ0v) is 11.7. The molecule has 1 atom stereocenters. The molecular weight excluding hydrogens is 216 g/mol. The summed E-state index contributed by atoms with van der Waals surface area (Å²) in [6.07, 6.45) is 2.44. The lowest BCUT2D eigenvalue weighted by molar-refractivity contribution is 0.454. The number of aromatic nitrogens is 1. The third-order valence-corrected chi connectivity index (χ3v) is 3.75. The lowest BCUT2D eigenvalue weighted by atomic mass is 10.0. The molecule has 16 heavy (non-hydrogen) atoms. The Balaban J connectivity index is 2.15. The number of nitrogens with zero attached hydrogens (tertiary/aromatic N) is 1. The molecule has 0 spiro atoms. The average Bonchev–Trinajstić information content (AvgIpc) is 2.60. The van der Waals surface area contributed by atoms with E-state index in [1.165, 1.54) is 23.4 Å². The molecule has 1 rings (SSSR count). The van der Waals surface area contributed by atoms with Crippen LogP contribution in [0, 0.1) is 18.8 Å². The van der Waals surface area contributed by atoms with Crippen molar-refractivity contribution in [2.24, 2.45) is 11.8 Å². The van der Waals surface area contributed by atoms with Crippen LogP contribution in [0.1, 0.15) is 37.8 Å². The summed E-state index contributed by atoms with van der Waals surface area (Å²) in [7, 11) is 0. The molecule has 0 saturated carbocycles. The summed E-state index contributed by atoms with van der Waals surface area (Å²) in [5, 5.41) is 3.52. The van der Waals surface area contributed by atoms with Crippen LogP contribution in [0.4, 0.5) is 0 Å². The molecule has 0 saturated heterocycles. The van der Waals surface area contributed by atoms with Crippen LogP contribution in [0.5, 0.6) is 0 Å². The second-order valence-electron chi connectivity index (χ2n) is 5.06. The van der Waals surface area contributed by atoms with E-state index in [2.05, 4.69) is 38.0 Å². The molecule has 0 amide bonds. The van der Waals surface area contributed by atoms with Crippen molar-refractivity contribution >= 4 is 11.3 Å². The first kappa shape index (κ1) is 13.7. The van der Waals surface area contributed by atoms with Crippen molar-refractivity contribution in [1.82, 2.24) is 10.3 Å². The van der Waals surface area contributed by atoms with Crippen molar-refractivity contribution in [3.05, 3.63) is 16.1 Å². The summed E-state index contributed by atoms with van der Waals surface area (Å²) in [5.41, 5.74) is 3.17. The molecule has 1 N–H and O–H groups in total. The molecule has 0 aliphatic carbocycles. The fourth-order valence-corrected chi connectivity index (χ4v) is 2.46. The van der Waals surface area contributed by atoms with E-state index in [1.54, 1.807) is 11.3 Å². The number of aryl methyl sites for hydroxylation is 2. The fraction of sp³-hybridized carbons (Fsp3) is 0.769. The third-order valence-electron chi connectivity index (χ3n) is 2.75. The van der Waals surface area contributed by atoms with Gasteiger partial charge in [0.05, 0.1) is 11.2 Å². The van der Waals surface area contributed by atoms with Gasteiger partial charge in [0.15, 0.2) is 0 Å². The van der Waals surface area contributed by atoms with E-state index in [0.29, 0.717) is 0 Å². The molecule has 1 heterocycles. The maximum Gasteiger partial charge on any atom is 0.0797 e. The summed E-state index contributed by atoms with van der Waals surface area (Å²) in [6, 6.07) is 0. The SMILES string of the molecule is Cc1ncsc1CCC(C)CNCC(C)C. The highest BCUT2D eigenvalue weighted by molar-refractivity contribution is 7.09. The summed E-state index contributed by atoms with van der Waals surface area (Å²) < 4.78 is 0. The van der Waals surface area contributed by atoms with E-state index in [0.717, 1.165) is 24.9 Å². The quantitative estimate of drug-likeness (QED) is 0.791. The lowest BCUT2D eigenvalue weighted by Gasteiger charge is -2.13. The van der Waals surface area contributed by atoms with Gasteiger partial charge in [-0.2, -0.15) is 0 Å². The van der Waals surface area contributed by atoms with Crippen LogP contribution in [0.15, 0.2) is 5.51 Å². The molecule has 0 fully saturated rings. The van der Waals surface area contributed by atoms with Crippen LogP contribution >= 0.6 is 11.3 Å². The maximum absolute atomic E-state index is 4.28. The van der Waals surface area contributed by atoms with Crippen LogP contribution in [0.25, 0.3) is 0 Å². The van der Waals surface area contributed by atoms with Crippen LogP contribution in [0.3, 0.4) is 0 Å². The van der Waals surface area contributed by atoms with Gasteiger partial charge < -0.3 is 5.32 Å². The molecule has 0 radical (unpaired) electrons. The first-order valence-corrected chi connectivity index (χ1v) is 7.07. The third kappa shape index (κ3) is 5.08. The molecule has 3 heteroatoms. The van der Waals surface area contributed by atoms with Crippen molar-refractivity contribution in [1.29, 1.82) is 0 Å². The summed E-state index contributed by atoms with van der Waals surface area (Å²) in [6.45, 7) is 11.2. The van der Waals surface area contributed by atoms with Crippen LogP contribution in [-0.2, 0) is 6.42 Å². The highest BCUT2D eigenvalue weighted by Gasteiger charge is 2.06. The minimum atomic E-state index is 0.746. The Labute approximate surface area is 103 Å². The van der Waals surface area contributed by atoms with Gasteiger partial charge in [-0.3, -0.25) is 0 Å². The molecule has 0 bridgehead atoms. The normalized spacial score (nSPS) is 13.3. The van der Waals surface area contributed by atoms with Crippen LogP contribution in [-0.4, -0.2) is 18.1 Å². The van der Waals surface area contributed by atoms with Crippen LogP contribution in [0.2, 0.25) is 0 Å². The van der Waals surface area contributed by atoms with Gasteiger partial charge in [0.25, 0.3) is 0 Å². The maximum atomic E-state index is 4.28. The number of thiazole rings is 1. The smallest absolute Gasteiger partial charge is 0.0797 e. The van der Waals surface area contributed by atoms with E-state index >= 15 is 0 Å². The van der Waals surface area contributed by atoms with Gasteiger partial charge in [0.1, 0.15) is 0 Å². The van der Waals surface area contributed by atoms with E-state index in [4.69, 9.17) is 0 Å². The highest BCUT2D eigenvalue weighted by Crippen LogP contribution is 2.16. The fourth-order valence-electron chi connectivity index (χ4n) is 1.66.